The third-order valence-electron chi connectivity index (χ3n) is 3.49. The van der Waals surface area contributed by atoms with Crippen LogP contribution in [0.3, 0.4) is 0 Å². The summed E-state index contributed by atoms with van der Waals surface area (Å²) < 4.78 is 0. The normalized spacial score (nSPS) is 25.0. The third kappa shape index (κ3) is 4.52. The van der Waals surface area contributed by atoms with Crippen LogP contribution in [0.4, 0.5) is 0 Å². The fourth-order valence-corrected chi connectivity index (χ4v) is 2.53. The minimum atomic E-state index is 0.129. The standard InChI is InChI=1S/C13H26N2O/c1-10(2)6-7-11-4-3-5-12(11)15-13(16)8-9-14/h10-12H,3-9,14H2,1-2H3,(H,15,16). The Bertz CT molecular complexity index is 216. The molecule has 0 heterocycles. The summed E-state index contributed by atoms with van der Waals surface area (Å²) in [7, 11) is 0. The first kappa shape index (κ1) is 13.5. The van der Waals surface area contributed by atoms with E-state index in [1.165, 1.54) is 25.7 Å². The van der Waals surface area contributed by atoms with Gasteiger partial charge in [-0.3, -0.25) is 4.79 Å². The molecule has 2 atom stereocenters. The van der Waals surface area contributed by atoms with Crippen LogP contribution in [-0.2, 0) is 4.79 Å². The maximum atomic E-state index is 11.5. The van der Waals surface area contributed by atoms with Gasteiger partial charge in [-0.25, -0.2) is 0 Å². The van der Waals surface area contributed by atoms with Gasteiger partial charge >= 0.3 is 0 Å². The second-order valence-corrected chi connectivity index (χ2v) is 5.37. The topological polar surface area (TPSA) is 55.1 Å². The van der Waals surface area contributed by atoms with E-state index < -0.39 is 0 Å². The molecular formula is C13H26N2O. The molecule has 0 radical (unpaired) electrons. The van der Waals surface area contributed by atoms with Gasteiger partial charge in [0.05, 0.1) is 0 Å². The predicted octanol–water partition coefficient (Wildman–Crippen LogP) is 2.06. The highest BCUT2D eigenvalue weighted by atomic mass is 16.1. The van der Waals surface area contributed by atoms with Crippen LogP contribution in [0.15, 0.2) is 0 Å². The molecule has 1 aliphatic rings. The second kappa shape index (κ2) is 6.89. The molecule has 0 aromatic carbocycles. The third-order valence-corrected chi connectivity index (χ3v) is 3.49. The number of hydrogen-bond acceptors (Lipinski definition) is 2. The van der Waals surface area contributed by atoms with Crippen molar-refractivity contribution in [2.75, 3.05) is 6.54 Å². The van der Waals surface area contributed by atoms with Crippen LogP contribution in [-0.4, -0.2) is 18.5 Å². The number of hydrogen-bond donors (Lipinski definition) is 2. The van der Waals surface area contributed by atoms with Gasteiger partial charge in [0.2, 0.25) is 5.91 Å². The van der Waals surface area contributed by atoms with Gasteiger partial charge in [-0.05, 0) is 31.1 Å². The molecule has 0 aromatic heterocycles. The summed E-state index contributed by atoms with van der Waals surface area (Å²) in [5, 5.41) is 3.13. The Morgan fingerprint density at radius 2 is 2.19 bits per heavy atom. The van der Waals surface area contributed by atoms with E-state index >= 15 is 0 Å². The van der Waals surface area contributed by atoms with Crippen molar-refractivity contribution >= 4 is 5.91 Å². The molecule has 16 heavy (non-hydrogen) atoms. The first-order valence-corrected chi connectivity index (χ1v) is 6.63. The van der Waals surface area contributed by atoms with Crippen molar-refractivity contribution in [3.63, 3.8) is 0 Å². The fraction of sp³-hybridized carbons (Fsp3) is 0.923. The van der Waals surface area contributed by atoms with Crippen LogP contribution < -0.4 is 11.1 Å². The van der Waals surface area contributed by atoms with Crippen molar-refractivity contribution in [2.24, 2.45) is 17.6 Å². The zero-order chi connectivity index (χ0) is 12.0. The smallest absolute Gasteiger partial charge is 0.221 e. The van der Waals surface area contributed by atoms with Crippen LogP contribution in [0.1, 0.15) is 52.4 Å². The van der Waals surface area contributed by atoms with E-state index in [0.29, 0.717) is 24.9 Å². The van der Waals surface area contributed by atoms with Crippen LogP contribution >= 0.6 is 0 Å². The molecule has 0 aliphatic heterocycles. The molecule has 0 saturated heterocycles. The monoisotopic (exact) mass is 226 g/mol. The quantitative estimate of drug-likeness (QED) is 0.728. The maximum Gasteiger partial charge on any atom is 0.221 e. The van der Waals surface area contributed by atoms with Gasteiger partial charge in [0.25, 0.3) is 0 Å². The van der Waals surface area contributed by atoms with Gasteiger partial charge in [0.15, 0.2) is 0 Å². The van der Waals surface area contributed by atoms with Crippen molar-refractivity contribution in [2.45, 2.75) is 58.4 Å². The molecular weight excluding hydrogens is 200 g/mol. The SMILES string of the molecule is CC(C)CCC1CCCC1NC(=O)CCN. The Balaban J connectivity index is 2.31. The lowest BCUT2D eigenvalue weighted by molar-refractivity contribution is -0.121. The van der Waals surface area contributed by atoms with E-state index in [1.807, 2.05) is 0 Å². The molecule has 1 aliphatic carbocycles. The van der Waals surface area contributed by atoms with Crippen LogP contribution in [0.2, 0.25) is 0 Å². The summed E-state index contributed by atoms with van der Waals surface area (Å²) in [6.45, 7) is 4.98. The van der Waals surface area contributed by atoms with Gasteiger partial charge in [-0.15, -0.1) is 0 Å². The Hall–Kier alpha value is -0.570. The average molecular weight is 226 g/mol. The van der Waals surface area contributed by atoms with Crippen molar-refractivity contribution in [3.8, 4) is 0 Å². The molecule has 0 spiro atoms. The average Bonchev–Trinajstić information content (AvgIpc) is 2.62. The van der Waals surface area contributed by atoms with Crippen molar-refractivity contribution in [3.05, 3.63) is 0 Å². The van der Waals surface area contributed by atoms with E-state index in [4.69, 9.17) is 5.73 Å². The van der Waals surface area contributed by atoms with Crippen LogP contribution in [0.5, 0.6) is 0 Å². The largest absolute Gasteiger partial charge is 0.353 e. The molecule has 1 amide bonds. The molecule has 94 valence electrons. The number of amides is 1. The zero-order valence-corrected chi connectivity index (χ0v) is 10.7. The summed E-state index contributed by atoms with van der Waals surface area (Å²) in [5.74, 6) is 1.59. The maximum absolute atomic E-state index is 11.5. The zero-order valence-electron chi connectivity index (χ0n) is 10.7. The first-order chi connectivity index (χ1) is 7.63. The van der Waals surface area contributed by atoms with Gasteiger partial charge in [0.1, 0.15) is 0 Å². The molecule has 0 aromatic rings. The predicted molar refractivity (Wildman–Crippen MR) is 67.0 cm³/mol. The van der Waals surface area contributed by atoms with Gasteiger partial charge in [-0.2, -0.15) is 0 Å². The van der Waals surface area contributed by atoms with Crippen molar-refractivity contribution in [1.29, 1.82) is 0 Å². The molecule has 3 heteroatoms. The molecule has 2 unspecified atom stereocenters. The van der Waals surface area contributed by atoms with Crippen LogP contribution in [0, 0.1) is 11.8 Å². The highest BCUT2D eigenvalue weighted by molar-refractivity contribution is 5.76. The van der Waals surface area contributed by atoms with E-state index in [2.05, 4.69) is 19.2 Å². The van der Waals surface area contributed by atoms with E-state index in [1.54, 1.807) is 0 Å². The minimum absolute atomic E-state index is 0.129. The Morgan fingerprint density at radius 3 is 2.81 bits per heavy atom. The van der Waals surface area contributed by atoms with Crippen LogP contribution in [0.25, 0.3) is 0 Å². The summed E-state index contributed by atoms with van der Waals surface area (Å²) in [6, 6.07) is 0.415. The number of carbonyl (C=O) groups excluding carboxylic acids is 1. The summed E-state index contributed by atoms with van der Waals surface area (Å²) in [5.41, 5.74) is 5.38. The highest BCUT2D eigenvalue weighted by Crippen LogP contribution is 2.30. The van der Waals surface area contributed by atoms with Gasteiger partial charge in [-0.1, -0.05) is 26.7 Å². The molecule has 1 fully saturated rings. The number of carbonyl (C=O) groups is 1. The lowest BCUT2D eigenvalue weighted by Crippen LogP contribution is -2.38. The fourth-order valence-electron chi connectivity index (χ4n) is 2.53. The first-order valence-electron chi connectivity index (χ1n) is 6.63. The lowest BCUT2D eigenvalue weighted by Gasteiger charge is -2.21. The van der Waals surface area contributed by atoms with E-state index in [0.717, 1.165) is 12.3 Å². The Labute approximate surface area is 99.2 Å². The highest BCUT2D eigenvalue weighted by Gasteiger charge is 2.27. The van der Waals surface area contributed by atoms with Gasteiger partial charge in [0, 0.05) is 19.0 Å². The molecule has 3 nitrogen and oxygen atoms in total. The van der Waals surface area contributed by atoms with E-state index in [-0.39, 0.29) is 5.91 Å². The number of rotatable bonds is 6. The Kier molecular flexibility index (Phi) is 5.81. The summed E-state index contributed by atoms with van der Waals surface area (Å²) in [4.78, 5) is 11.5. The van der Waals surface area contributed by atoms with Crippen molar-refractivity contribution in [1.82, 2.24) is 5.32 Å². The van der Waals surface area contributed by atoms with E-state index in [9.17, 15) is 4.79 Å². The molecule has 3 N–H and O–H groups in total. The number of nitrogens with two attached hydrogens (primary N) is 1. The second-order valence-electron chi connectivity index (χ2n) is 5.37. The Morgan fingerprint density at radius 1 is 1.44 bits per heavy atom. The molecule has 1 saturated carbocycles. The van der Waals surface area contributed by atoms with Gasteiger partial charge < -0.3 is 11.1 Å². The summed E-state index contributed by atoms with van der Waals surface area (Å²) >= 11 is 0. The summed E-state index contributed by atoms with van der Waals surface area (Å²) in [6.07, 6.45) is 6.68. The lowest BCUT2D eigenvalue weighted by atomic mass is 9.93. The molecule has 0 bridgehead atoms. The van der Waals surface area contributed by atoms with Crippen molar-refractivity contribution < 1.29 is 4.79 Å². The number of nitrogens with one attached hydrogen (secondary N) is 1. The minimum Gasteiger partial charge on any atom is -0.353 e. The molecule has 1 rings (SSSR count).